The number of hydrogen-bond acceptors (Lipinski definition) is 5. The second-order valence-corrected chi connectivity index (χ2v) is 7.73. The zero-order valence-corrected chi connectivity index (χ0v) is 17.8. The molecule has 0 atom stereocenters. The summed E-state index contributed by atoms with van der Waals surface area (Å²) in [6.07, 6.45) is 3.70. The number of anilines is 1. The number of ether oxygens (including phenoxy) is 2. The van der Waals surface area contributed by atoms with Crippen molar-refractivity contribution in [3.05, 3.63) is 48.3 Å². The second kappa shape index (κ2) is 9.74. The van der Waals surface area contributed by atoms with Crippen molar-refractivity contribution in [2.45, 2.75) is 39.3 Å². The van der Waals surface area contributed by atoms with Gasteiger partial charge in [-0.3, -0.25) is 14.7 Å². The molecule has 29 heavy (non-hydrogen) atoms. The molecule has 1 aliphatic heterocycles. The SMILES string of the molecule is COc1ccc(N(C(=O)C(C)C)C2CCN(Cc3ccccn3)CC2)cc1OC. The van der Waals surface area contributed by atoms with Crippen molar-refractivity contribution in [2.75, 3.05) is 32.2 Å². The lowest BCUT2D eigenvalue weighted by Crippen LogP contribution is -2.48. The van der Waals surface area contributed by atoms with Gasteiger partial charge in [-0.25, -0.2) is 0 Å². The Morgan fingerprint density at radius 2 is 1.86 bits per heavy atom. The molecule has 1 amide bonds. The lowest BCUT2D eigenvalue weighted by atomic mass is 9.99. The summed E-state index contributed by atoms with van der Waals surface area (Å²) in [6.45, 7) is 6.63. The molecule has 1 saturated heterocycles. The van der Waals surface area contributed by atoms with Crippen molar-refractivity contribution >= 4 is 11.6 Å². The predicted molar refractivity (Wildman–Crippen MR) is 114 cm³/mol. The van der Waals surface area contributed by atoms with Crippen LogP contribution in [0.3, 0.4) is 0 Å². The van der Waals surface area contributed by atoms with Crippen LogP contribution >= 0.6 is 0 Å². The molecule has 156 valence electrons. The highest BCUT2D eigenvalue weighted by Crippen LogP contribution is 2.34. The quantitative estimate of drug-likeness (QED) is 0.712. The van der Waals surface area contributed by atoms with Gasteiger partial charge in [-0.15, -0.1) is 0 Å². The molecule has 0 spiro atoms. The van der Waals surface area contributed by atoms with Crippen LogP contribution in [0.15, 0.2) is 42.6 Å². The van der Waals surface area contributed by atoms with Crippen LogP contribution in [-0.2, 0) is 11.3 Å². The lowest BCUT2D eigenvalue weighted by molar-refractivity contribution is -0.122. The summed E-state index contributed by atoms with van der Waals surface area (Å²) in [5.41, 5.74) is 1.95. The van der Waals surface area contributed by atoms with Crippen LogP contribution in [0.25, 0.3) is 0 Å². The Bertz CT molecular complexity index is 802. The Labute approximate surface area is 173 Å². The van der Waals surface area contributed by atoms with E-state index in [1.54, 1.807) is 14.2 Å². The maximum absolute atomic E-state index is 13.1. The van der Waals surface area contributed by atoms with Crippen molar-refractivity contribution in [2.24, 2.45) is 5.92 Å². The van der Waals surface area contributed by atoms with Crippen LogP contribution in [0.2, 0.25) is 0 Å². The fourth-order valence-corrected chi connectivity index (χ4v) is 3.83. The van der Waals surface area contributed by atoms with Gasteiger partial charge >= 0.3 is 0 Å². The van der Waals surface area contributed by atoms with E-state index in [1.807, 2.05) is 55.3 Å². The summed E-state index contributed by atoms with van der Waals surface area (Å²) in [5, 5.41) is 0. The summed E-state index contributed by atoms with van der Waals surface area (Å²) in [4.78, 5) is 21.9. The summed E-state index contributed by atoms with van der Waals surface area (Å²) < 4.78 is 10.8. The normalized spacial score (nSPS) is 15.3. The van der Waals surface area contributed by atoms with Crippen molar-refractivity contribution < 1.29 is 14.3 Å². The first-order chi connectivity index (χ1) is 14.0. The number of amides is 1. The Morgan fingerprint density at radius 3 is 2.45 bits per heavy atom. The summed E-state index contributed by atoms with van der Waals surface area (Å²) in [6, 6.07) is 11.9. The van der Waals surface area contributed by atoms with Gasteiger partial charge in [-0.1, -0.05) is 19.9 Å². The molecule has 0 aliphatic carbocycles. The predicted octanol–water partition coefficient (Wildman–Crippen LogP) is 3.75. The zero-order chi connectivity index (χ0) is 20.8. The third kappa shape index (κ3) is 5.07. The molecule has 0 N–H and O–H groups in total. The number of hydrogen-bond donors (Lipinski definition) is 0. The van der Waals surface area contributed by atoms with Crippen LogP contribution in [0, 0.1) is 5.92 Å². The molecule has 3 rings (SSSR count). The molecule has 2 aromatic rings. The number of piperidine rings is 1. The van der Waals surface area contributed by atoms with Crippen molar-refractivity contribution in [1.82, 2.24) is 9.88 Å². The van der Waals surface area contributed by atoms with Gasteiger partial charge in [0.15, 0.2) is 11.5 Å². The highest BCUT2D eigenvalue weighted by molar-refractivity contribution is 5.95. The van der Waals surface area contributed by atoms with Gasteiger partial charge in [0, 0.05) is 49.5 Å². The molecule has 1 fully saturated rings. The van der Waals surface area contributed by atoms with Gasteiger partial charge in [-0.05, 0) is 37.1 Å². The van der Waals surface area contributed by atoms with Gasteiger partial charge < -0.3 is 14.4 Å². The molecular formula is C23H31N3O3. The van der Waals surface area contributed by atoms with Crippen molar-refractivity contribution in [1.29, 1.82) is 0 Å². The van der Waals surface area contributed by atoms with E-state index < -0.39 is 0 Å². The van der Waals surface area contributed by atoms with Crippen molar-refractivity contribution in [3.8, 4) is 11.5 Å². The van der Waals surface area contributed by atoms with Crippen LogP contribution in [-0.4, -0.2) is 49.1 Å². The van der Waals surface area contributed by atoms with E-state index in [2.05, 4.69) is 16.0 Å². The number of aromatic nitrogens is 1. The minimum absolute atomic E-state index is 0.0744. The number of carbonyl (C=O) groups is 1. The van der Waals surface area contributed by atoms with Gasteiger partial charge in [0.1, 0.15) is 0 Å². The number of nitrogens with zero attached hydrogens (tertiary/aromatic N) is 3. The molecule has 1 aromatic carbocycles. The number of pyridine rings is 1. The molecule has 0 unspecified atom stereocenters. The standard InChI is InChI=1S/C23H31N3O3/c1-17(2)23(27)26(20-8-9-21(28-3)22(15-20)29-4)19-10-13-25(14-11-19)16-18-7-5-6-12-24-18/h5-9,12,15,17,19H,10-11,13-14,16H2,1-4H3. The monoisotopic (exact) mass is 397 g/mol. The first kappa shape index (κ1) is 21.1. The van der Waals surface area contributed by atoms with Crippen LogP contribution < -0.4 is 14.4 Å². The van der Waals surface area contributed by atoms with Gasteiger partial charge in [0.05, 0.1) is 19.9 Å². The zero-order valence-electron chi connectivity index (χ0n) is 17.8. The first-order valence-electron chi connectivity index (χ1n) is 10.2. The summed E-state index contributed by atoms with van der Waals surface area (Å²) in [5.74, 6) is 1.37. The second-order valence-electron chi connectivity index (χ2n) is 7.73. The molecule has 6 heteroatoms. The Hall–Kier alpha value is -2.60. The highest BCUT2D eigenvalue weighted by Gasteiger charge is 2.31. The lowest BCUT2D eigenvalue weighted by Gasteiger charge is -2.39. The fourth-order valence-electron chi connectivity index (χ4n) is 3.83. The van der Waals surface area contributed by atoms with Gasteiger partial charge in [-0.2, -0.15) is 0 Å². The number of rotatable bonds is 7. The number of likely N-dealkylation sites (tertiary alicyclic amines) is 1. The van der Waals surface area contributed by atoms with E-state index in [4.69, 9.17) is 9.47 Å². The minimum Gasteiger partial charge on any atom is -0.493 e. The van der Waals surface area contributed by atoms with Gasteiger partial charge in [0.25, 0.3) is 0 Å². The van der Waals surface area contributed by atoms with Crippen LogP contribution in [0.1, 0.15) is 32.4 Å². The van der Waals surface area contributed by atoms with E-state index in [-0.39, 0.29) is 17.9 Å². The summed E-state index contributed by atoms with van der Waals surface area (Å²) in [7, 11) is 3.23. The molecule has 2 heterocycles. The van der Waals surface area contributed by atoms with Crippen LogP contribution in [0.4, 0.5) is 5.69 Å². The van der Waals surface area contributed by atoms with E-state index in [1.165, 1.54) is 0 Å². The Balaban J connectivity index is 1.76. The Morgan fingerprint density at radius 1 is 1.14 bits per heavy atom. The third-order valence-electron chi connectivity index (χ3n) is 5.41. The first-order valence-corrected chi connectivity index (χ1v) is 10.2. The molecular weight excluding hydrogens is 366 g/mol. The molecule has 6 nitrogen and oxygen atoms in total. The topological polar surface area (TPSA) is 54.9 Å². The minimum atomic E-state index is -0.0744. The van der Waals surface area contributed by atoms with E-state index >= 15 is 0 Å². The number of benzene rings is 1. The molecule has 0 saturated carbocycles. The smallest absolute Gasteiger partial charge is 0.229 e. The molecule has 0 radical (unpaired) electrons. The number of methoxy groups -OCH3 is 2. The fraction of sp³-hybridized carbons (Fsp3) is 0.478. The maximum atomic E-state index is 13.1. The average molecular weight is 398 g/mol. The van der Waals surface area contributed by atoms with Crippen LogP contribution in [0.5, 0.6) is 11.5 Å². The average Bonchev–Trinajstić information content (AvgIpc) is 2.75. The molecule has 0 bridgehead atoms. The highest BCUT2D eigenvalue weighted by atomic mass is 16.5. The molecule has 1 aromatic heterocycles. The largest absolute Gasteiger partial charge is 0.493 e. The molecule has 1 aliphatic rings. The van der Waals surface area contributed by atoms with Gasteiger partial charge in [0.2, 0.25) is 5.91 Å². The van der Waals surface area contributed by atoms with E-state index in [0.29, 0.717) is 11.5 Å². The van der Waals surface area contributed by atoms with Crippen molar-refractivity contribution in [3.63, 3.8) is 0 Å². The number of carbonyl (C=O) groups excluding carboxylic acids is 1. The third-order valence-corrected chi connectivity index (χ3v) is 5.41. The Kier molecular flexibility index (Phi) is 7.09. The summed E-state index contributed by atoms with van der Waals surface area (Å²) >= 11 is 0. The van der Waals surface area contributed by atoms with E-state index in [9.17, 15) is 4.79 Å². The van der Waals surface area contributed by atoms with E-state index in [0.717, 1.165) is 43.9 Å². The maximum Gasteiger partial charge on any atom is 0.229 e.